The van der Waals surface area contributed by atoms with Crippen LogP contribution in [0.4, 0.5) is 18.9 Å². The van der Waals surface area contributed by atoms with Gasteiger partial charge in [-0.2, -0.15) is 0 Å². The number of benzene rings is 3. The largest absolute Gasteiger partial charge is 0.573 e. The highest BCUT2D eigenvalue weighted by Gasteiger charge is 2.58. The van der Waals surface area contributed by atoms with Gasteiger partial charge in [0.25, 0.3) is 0 Å². The highest BCUT2D eigenvalue weighted by molar-refractivity contribution is 6.11. The zero-order valence-corrected chi connectivity index (χ0v) is 20.2. The number of carbonyl (C=O) groups is 1. The molecule has 2 heterocycles. The summed E-state index contributed by atoms with van der Waals surface area (Å²) in [6.45, 7) is 6.54. The van der Waals surface area contributed by atoms with Gasteiger partial charge in [0.1, 0.15) is 28.3 Å². The number of rotatable bonds is 5. The molecule has 2 aliphatic rings. The second kappa shape index (κ2) is 8.47. The first-order valence-corrected chi connectivity index (χ1v) is 11.7. The van der Waals surface area contributed by atoms with Crippen LogP contribution in [0.5, 0.6) is 17.2 Å². The Hall–Kier alpha value is -3.68. The SMILES string of the molecule is CCOc1ccc2c(c1)OC(C)(C)C[C@@]21C(=O)N(Cc2ccc(OC(F)(F)F)cc2)c2ccccc21. The molecular weight excluding hydrogens is 471 g/mol. The van der Waals surface area contributed by atoms with Crippen molar-refractivity contribution in [2.75, 3.05) is 11.5 Å². The number of amides is 1. The van der Waals surface area contributed by atoms with Gasteiger partial charge >= 0.3 is 6.36 Å². The van der Waals surface area contributed by atoms with Crippen LogP contribution < -0.4 is 19.1 Å². The summed E-state index contributed by atoms with van der Waals surface area (Å²) in [4.78, 5) is 16.0. The van der Waals surface area contributed by atoms with E-state index in [4.69, 9.17) is 9.47 Å². The summed E-state index contributed by atoms with van der Waals surface area (Å²) in [5.41, 5.74) is 1.52. The van der Waals surface area contributed by atoms with Crippen LogP contribution in [0, 0.1) is 0 Å². The predicted molar refractivity (Wildman–Crippen MR) is 128 cm³/mol. The number of hydrogen-bond donors (Lipinski definition) is 0. The molecule has 1 atom stereocenters. The summed E-state index contributed by atoms with van der Waals surface area (Å²) in [6, 6.07) is 18.8. The maximum Gasteiger partial charge on any atom is 0.573 e. The van der Waals surface area contributed by atoms with E-state index in [9.17, 15) is 18.0 Å². The summed E-state index contributed by atoms with van der Waals surface area (Å²) in [6.07, 6.45) is -4.32. The zero-order chi connectivity index (χ0) is 25.7. The van der Waals surface area contributed by atoms with E-state index < -0.39 is 17.4 Å². The van der Waals surface area contributed by atoms with Crippen LogP contribution in [-0.2, 0) is 16.8 Å². The van der Waals surface area contributed by atoms with Crippen LogP contribution in [0.3, 0.4) is 0 Å². The fourth-order valence-electron chi connectivity index (χ4n) is 5.36. The fraction of sp³-hybridized carbons (Fsp3) is 0.321. The van der Waals surface area contributed by atoms with E-state index in [0.29, 0.717) is 30.1 Å². The van der Waals surface area contributed by atoms with E-state index in [0.717, 1.165) is 16.8 Å². The van der Waals surface area contributed by atoms with Crippen molar-refractivity contribution in [1.29, 1.82) is 0 Å². The van der Waals surface area contributed by atoms with Gasteiger partial charge in [-0.25, -0.2) is 0 Å². The van der Waals surface area contributed by atoms with Gasteiger partial charge in [0.2, 0.25) is 5.91 Å². The van der Waals surface area contributed by atoms with Crippen LogP contribution >= 0.6 is 0 Å². The maximum atomic E-state index is 14.3. The normalized spacial score (nSPS) is 20.1. The van der Waals surface area contributed by atoms with E-state index in [1.807, 2.05) is 63.2 Å². The molecule has 36 heavy (non-hydrogen) atoms. The number of hydrogen-bond acceptors (Lipinski definition) is 4. The van der Waals surface area contributed by atoms with Gasteiger partial charge in [0.05, 0.1) is 13.2 Å². The molecule has 0 aromatic heterocycles. The topological polar surface area (TPSA) is 48.0 Å². The zero-order valence-electron chi connectivity index (χ0n) is 20.2. The van der Waals surface area contributed by atoms with Crippen LogP contribution in [0.2, 0.25) is 0 Å². The quantitative estimate of drug-likeness (QED) is 0.411. The lowest BCUT2D eigenvalue weighted by molar-refractivity contribution is -0.274. The summed E-state index contributed by atoms with van der Waals surface area (Å²) in [5, 5.41) is 0. The van der Waals surface area contributed by atoms with Crippen molar-refractivity contribution < 1.29 is 32.2 Å². The molecule has 188 valence electrons. The molecule has 2 aliphatic heterocycles. The molecule has 3 aromatic rings. The first-order valence-electron chi connectivity index (χ1n) is 11.7. The Labute approximate surface area is 207 Å². The molecule has 0 fully saturated rings. The van der Waals surface area contributed by atoms with Gasteiger partial charge in [0, 0.05) is 23.7 Å². The molecule has 3 aromatic carbocycles. The molecule has 5 nitrogen and oxygen atoms in total. The Morgan fingerprint density at radius 1 is 0.972 bits per heavy atom. The van der Waals surface area contributed by atoms with E-state index in [2.05, 4.69) is 4.74 Å². The summed E-state index contributed by atoms with van der Waals surface area (Å²) >= 11 is 0. The van der Waals surface area contributed by atoms with E-state index in [-0.39, 0.29) is 18.2 Å². The number of nitrogens with zero attached hydrogens (tertiary/aromatic N) is 1. The summed E-state index contributed by atoms with van der Waals surface area (Å²) in [5.74, 6) is 0.874. The van der Waals surface area contributed by atoms with Crippen molar-refractivity contribution >= 4 is 11.6 Å². The standard InChI is InChI=1S/C28H26F3NO4/c1-4-34-20-13-14-22-24(15-20)36-26(2,3)17-27(22)21-7-5-6-8-23(21)32(25(27)33)16-18-9-11-19(12-10-18)35-28(29,30)31/h5-15H,4,16-17H2,1-3H3/t27-/m0/s1. The van der Waals surface area contributed by atoms with Crippen LogP contribution in [0.15, 0.2) is 66.7 Å². The minimum Gasteiger partial charge on any atom is -0.494 e. The smallest absolute Gasteiger partial charge is 0.494 e. The maximum absolute atomic E-state index is 14.3. The molecule has 0 N–H and O–H groups in total. The third-order valence-electron chi connectivity index (χ3n) is 6.56. The molecule has 1 amide bonds. The second-order valence-corrected chi connectivity index (χ2v) is 9.64. The van der Waals surface area contributed by atoms with Crippen molar-refractivity contribution in [3.05, 3.63) is 83.4 Å². The number of ether oxygens (including phenoxy) is 3. The lowest BCUT2D eigenvalue weighted by atomic mass is 9.67. The average Bonchev–Trinajstić information content (AvgIpc) is 3.02. The predicted octanol–water partition coefficient (Wildman–Crippen LogP) is 6.38. The van der Waals surface area contributed by atoms with E-state index in [1.54, 1.807) is 4.90 Å². The van der Waals surface area contributed by atoms with E-state index >= 15 is 0 Å². The second-order valence-electron chi connectivity index (χ2n) is 9.64. The van der Waals surface area contributed by atoms with Gasteiger partial charge in [-0.05, 0) is 56.2 Å². The number of para-hydroxylation sites is 1. The van der Waals surface area contributed by atoms with Crippen LogP contribution in [-0.4, -0.2) is 24.5 Å². The van der Waals surface area contributed by atoms with Crippen LogP contribution in [0.1, 0.15) is 43.9 Å². The monoisotopic (exact) mass is 497 g/mol. The molecule has 0 saturated carbocycles. The first kappa shape index (κ1) is 24.0. The lowest BCUT2D eigenvalue weighted by Crippen LogP contribution is -2.50. The number of halogens is 3. The Morgan fingerprint density at radius 2 is 1.67 bits per heavy atom. The third kappa shape index (κ3) is 4.14. The minimum atomic E-state index is -4.76. The molecule has 0 bridgehead atoms. The van der Waals surface area contributed by atoms with Gasteiger partial charge < -0.3 is 19.1 Å². The third-order valence-corrected chi connectivity index (χ3v) is 6.56. The Bertz CT molecular complexity index is 1300. The minimum absolute atomic E-state index is 0.0962. The molecular formula is C28H26F3NO4. The molecule has 0 saturated heterocycles. The Kier molecular flexibility index (Phi) is 5.65. The molecule has 8 heteroatoms. The Balaban J connectivity index is 1.56. The molecule has 0 unspecified atom stereocenters. The summed E-state index contributed by atoms with van der Waals surface area (Å²) < 4.78 is 53.6. The van der Waals surface area contributed by atoms with Crippen molar-refractivity contribution in [3.8, 4) is 17.2 Å². The average molecular weight is 498 g/mol. The van der Waals surface area contributed by atoms with Gasteiger partial charge in [-0.3, -0.25) is 4.79 Å². The van der Waals surface area contributed by atoms with Crippen molar-refractivity contribution in [3.63, 3.8) is 0 Å². The number of anilines is 1. The summed E-state index contributed by atoms with van der Waals surface area (Å²) in [7, 11) is 0. The highest BCUT2D eigenvalue weighted by Crippen LogP contribution is 2.56. The highest BCUT2D eigenvalue weighted by atomic mass is 19.4. The van der Waals surface area contributed by atoms with Gasteiger partial charge in [-0.15, -0.1) is 13.2 Å². The molecule has 5 rings (SSSR count). The fourth-order valence-corrected chi connectivity index (χ4v) is 5.36. The van der Waals surface area contributed by atoms with Crippen molar-refractivity contribution in [1.82, 2.24) is 0 Å². The molecule has 0 radical (unpaired) electrons. The van der Waals surface area contributed by atoms with Gasteiger partial charge in [0.15, 0.2) is 0 Å². The van der Waals surface area contributed by atoms with Crippen molar-refractivity contribution in [2.24, 2.45) is 0 Å². The molecule has 0 aliphatic carbocycles. The number of fused-ring (bicyclic) bond motifs is 4. The first-order chi connectivity index (χ1) is 17.0. The number of carbonyl (C=O) groups excluding carboxylic acids is 1. The Morgan fingerprint density at radius 3 is 2.36 bits per heavy atom. The van der Waals surface area contributed by atoms with Crippen molar-refractivity contribution in [2.45, 2.75) is 51.1 Å². The van der Waals surface area contributed by atoms with Gasteiger partial charge in [-0.1, -0.05) is 36.4 Å². The number of alkyl halides is 3. The lowest BCUT2D eigenvalue weighted by Gasteiger charge is -2.43. The van der Waals surface area contributed by atoms with E-state index in [1.165, 1.54) is 24.3 Å². The van der Waals surface area contributed by atoms with Crippen LogP contribution in [0.25, 0.3) is 0 Å². The molecule has 1 spiro atoms.